The Labute approximate surface area is 112 Å². The lowest BCUT2D eigenvalue weighted by Gasteiger charge is -2.21. The maximum atomic E-state index is 12.0. The number of anilines is 1. The van der Waals surface area contributed by atoms with Crippen LogP contribution in [0.1, 0.15) is 19.3 Å². The molecule has 5 nitrogen and oxygen atoms in total. The zero-order chi connectivity index (χ0) is 13.0. The molecule has 1 atom stereocenters. The molecule has 0 radical (unpaired) electrons. The van der Waals surface area contributed by atoms with E-state index in [0.29, 0.717) is 11.8 Å². The van der Waals surface area contributed by atoms with Crippen LogP contribution in [-0.2, 0) is 10.0 Å². The van der Waals surface area contributed by atoms with Crippen LogP contribution in [0.5, 0.6) is 0 Å². The third-order valence-electron chi connectivity index (χ3n) is 2.83. The number of rotatable bonds is 4. The number of nitrogens with one attached hydrogen (secondary N) is 1. The van der Waals surface area contributed by atoms with Gasteiger partial charge in [-0.15, -0.1) is 0 Å². The van der Waals surface area contributed by atoms with E-state index in [0.717, 1.165) is 12.2 Å². The van der Waals surface area contributed by atoms with Crippen molar-refractivity contribution >= 4 is 27.5 Å². The molecule has 1 aliphatic rings. The summed E-state index contributed by atoms with van der Waals surface area (Å²) in [5, 5.41) is 0.282. The van der Waals surface area contributed by atoms with Gasteiger partial charge in [-0.1, -0.05) is 6.42 Å². The number of nitrogen functional groups attached to an aromatic ring is 1. The van der Waals surface area contributed by atoms with E-state index in [9.17, 15) is 8.42 Å². The second-order valence-corrected chi connectivity index (χ2v) is 7.33. The van der Waals surface area contributed by atoms with Crippen molar-refractivity contribution in [2.45, 2.75) is 29.5 Å². The minimum atomic E-state index is -3.59. The van der Waals surface area contributed by atoms with Crippen molar-refractivity contribution < 1.29 is 8.42 Å². The highest BCUT2D eigenvalue weighted by molar-refractivity contribution is 8.00. The highest BCUT2D eigenvalue weighted by atomic mass is 32.2. The Bertz CT molecular complexity index is 499. The van der Waals surface area contributed by atoms with Gasteiger partial charge in [0.05, 0.1) is 5.69 Å². The first-order chi connectivity index (χ1) is 8.59. The molecule has 100 valence electrons. The van der Waals surface area contributed by atoms with E-state index >= 15 is 0 Å². The molecule has 2 rings (SSSR count). The van der Waals surface area contributed by atoms with E-state index in [1.54, 1.807) is 6.07 Å². The quantitative estimate of drug-likeness (QED) is 0.870. The number of aromatic nitrogens is 1. The molecule has 1 unspecified atom stereocenters. The zero-order valence-electron chi connectivity index (χ0n) is 10.0. The molecule has 0 bridgehead atoms. The minimum Gasteiger partial charge on any atom is -0.396 e. The smallest absolute Gasteiger partial charge is 0.260 e. The fourth-order valence-electron chi connectivity index (χ4n) is 1.87. The summed E-state index contributed by atoms with van der Waals surface area (Å²) in [4.78, 5) is 3.83. The monoisotopic (exact) mass is 287 g/mol. The highest BCUT2D eigenvalue weighted by Crippen LogP contribution is 2.24. The molecule has 18 heavy (non-hydrogen) atoms. The SMILES string of the molecule is Nc1cccnc1S(=O)(=O)NCC1CCCCS1. The predicted octanol–water partition coefficient (Wildman–Crippen LogP) is 1.23. The van der Waals surface area contributed by atoms with E-state index < -0.39 is 10.0 Å². The van der Waals surface area contributed by atoms with E-state index in [-0.39, 0.29) is 10.7 Å². The molecule has 1 fully saturated rings. The second-order valence-electron chi connectivity index (χ2n) is 4.24. The molecule has 1 saturated heterocycles. The first kappa shape index (κ1) is 13.6. The number of pyridine rings is 1. The van der Waals surface area contributed by atoms with Crippen molar-refractivity contribution in [3.05, 3.63) is 18.3 Å². The molecule has 7 heteroatoms. The number of thioether (sulfide) groups is 1. The number of nitrogens with two attached hydrogens (primary N) is 1. The molecule has 1 aliphatic heterocycles. The maximum absolute atomic E-state index is 12.0. The predicted molar refractivity (Wildman–Crippen MR) is 73.9 cm³/mol. The fourth-order valence-corrected chi connectivity index (χ4v) is 4.35. The normalized spacial score (nSPS) is 20.8. The van der Waals surface area contributed by atoms with Gasteiger partial charge >= 0.3 is 0 Å². The molecule has 0 saturated carbocycles. The lowest BCUT2D eigenvalue weighted by atomic mass is 10.2. The highest BCUT2D eigenvalue weighted by Gasteiger charge is 2.21. The van der Waals surface area contributed by atoms with Gasteiger partial charge in [-0.2, -0.15) is 11.8 Å². The summed E-state index contributed by atoms with van der Waals surface area (Å²) in [5.41, 5.74) is 5.81. The van der Waals surface area contributed by atoms with Crippen LogP contribution in [0.15, 0.2) is 23.4 Å². The van der Waals surface area contributed by atoms with Gasteiger partial charge in [0.25, 0.3) is 10.0 Å². The van der Waals surface area contributed by atoms with E-state index in [4.69, 9.17) is 5.73 Å². The molecule has 1 aromatic heterocycles. The van der Waals surface area contributed by atoms with Gasteiger partial charge in [0.2, 0.25) is 0 Å². The number of hydrogen-bond donors (Lipinski definition) is 2. The Hall–Kier alpha value is -0.790. The van der Waals surface area contributed by atoms with Crippen LogP contribution in [0.4, 0.5) is 5.69 Å². The van der Waals surface area contributed by atoms with Gasteiger partial charge in [-0.3, -0.25) is 0 Å². The summed E-state index contributed by atoms with van der Waals surface area (Å²) < 4.78 is 26.7. The third-order valence-corrected chi connectivity index (χ3v) is 5.63. The van der Waals surface area contributed by atoms with Crippen LogP contribution in [0.3, 0.4) is 0 Å². The van der Waals surface area contributed by atoms with Gasteiger partial charge in [0.1, 0.15) is 0 Å². The van der Waals surface area contributed by atoms with Crippen LogP contribution in [0.25, 0.3) is 0 Å². The lowest BCUT2D eigenvalue weighted by Crippen LogP contribution is -2.32. The number of hydrogen-bond acceptors (Lipinski definition) is 5. The van der Waals surface area contributed by atoms with Crippen LogP contribution >= 0.6 is 11.8 Å². The van der Waals surface area contributed by atoms with Crippen LogP contribution in [0.2, 0.25) is 0 Å². The molecule has 0 aromatic carbocycles. The Morgan fingerprint density at radius 1 is 1.50 bits per heavy atom. The van der Waals surface area contributed by atoms with E-state index in [2.05, 4.69) is 9.71 Å². The van der Waals surface area contributed by atoms with E-state index in [1.165, 1.54) is 25.1 Å². The lowest BCUT2D eigenvalue weighted by molar-refractivity contribution is 0.571. The largest absolute Gasteiger partial charge is 0.396 e. The Morgan fingerprint density at radius 3 is 3.00 bits per heavy atom. The summed E-state index contributed by atoms with van der Waals surface area (Å²) in [6.07, 6.45) is 4.89. The molecule has 0 spiro atoms. The Kier molecular flexibility index (Phi) is 4.47. The number of nitrogens with zero attached hydrogens (tertiary/aromatic N) is 1. The summed E-state index contributed by atoms with van der Waals surface area (Å²) in [6, 6.07) is 3.16. The zero-order valence-corrected chi connectivity index (χ0v) is 11.6. The standard InChI is InChI=1S/C11H17N3O2S2/c12-10-5-3-6-13-11(10)18(15,16)14-8-9-4-1-2-7-17-9/h3,5-6,9,14H,1-2,4,7-8,12H2. The van der Waals surface area contributed by atoms with Crippen molar-refractivity contribution in [1.29, 1.82) is 0 Å². The van der Waals surface area contributed by atoms with Crippen LogP contribution in [-0.4, -0.2) is 30.9 Å². The average molecular weight is 287 g/mol. The molecule has 0 amide bonds. The molecule has 3 N–H and O–H groups in total. The van der Waals surface area contributed by atoms with Crippen molar-refractivity contribution in [3.63, 3.8) is 0 Å². The summed E-state index contributed by atoms with van der Waals surface area (Å²) in [5.74, 6) is 1.11. The molecule has 2 heterocycles. The van der Waals surface area contributed by atoms with Crippen LogP contribution in [0, 0.1) is 0 Å². The van der Waals surface area contributed by atoms with Crippen LogP contribution < -0.4 is 10.5 Å². The van der Waals surface area contributed by atoms with Gasteiger partial charge in [-0.25, -0.2) is 18.1 Å². The van der Waals surface area contributed by atoms with Crippen molar-refractivity contribution in [1.82, 2.24) is 9.71 Å². The fraction of sp³-hybridized carbons (Fsp3) is 0.545. The Morgan fingerprint density at radius 2 is 2.33 bits per heavy atom. The Balaban J connectivity index is 2.01. The topological polar surface area (TPSA) is 85.1 Å². The third kappa shape index (κ3) is 3.37. The summed E-state index contributed by atoms with van der Waals surface area (Å²) in [7, 11) is -3.59. The summed E-state index contributed by atoms with van der Waals surface area (Å²) in [6.45, 7) is 0.447. The molecular formula is C11H17N3O2S2. The van der Waals surface area contributed by atoms with Crippen molar-refractivity contribution in [2.24, 2.45) is 0 Å². The van der Waals surface area contributed by atoms with Gasteiger partial charge in [0, 0.05) is 18.0 Å². The van der Waals surface area contributed by atoms with Gasteiger partial charge in [0.15, 0.2) is 5.03 Å². The minimum absolute atomic E-state index is 0.0780. The molecule has 0 aliphatic carbocycles. The molecule has 1 aromatic rings. The summed E-state index contributed by atoms with van der Waals surface area (Å²) >= 11 is 1.82. The molecular weight excluding hydrogens is 270 g/mol. The first-order valence-electron chi connectivity index (χ1n) is 5.91. The van der Waals surface area contributed by atoms with Crippen molar-refractivity contribution in [2.75, 3.05) is 18.0 Å². The first-order valence-corrected chi connectivity index (χ1v) is 8.44. The average Bonchev–Trinajstić information content (AvgIpc) is 2.38. The van der Waals surface area contributed by atoms with Gasteiger partial charge in [-0.05, 0) is 30.7 Å². The van der Waals surface area contributed by atoms with E-state index in [1.807, 2.05) is 11.8 Å². The second kappa shape index (κ2) is 5.90. The van der Waals surface area contributed by atoms with Gasteiger partial charge < -0.3 is 5.73 Å². The number of sulfonamides is 1. The maximum Gasteiger partial charge on any atom is 0.260 e. The van der Waals surface area contributed by atoms with Crippen molar-refractivity contribution in [3.8, 4) is 0 Å².